The van der Waals surface area contributed by atoms with E-state index in [1.807, 2.05) is 37.5 Å². The molecule has 6 heteroatoms. The average molecular weight is 307 g/mol. The van der Waals surface area contributed by atoms with Crippen molar-refractivity contribution in [3.05, 3.63) is 66.4 Å². The van der Waals surface area contributed by atoms with E-state index in [-0.39, 0.29) is 5.91 Å². The Labute approximate surface area is 134 Å². The summed E-state index contributed by atoms with van der Waals surface area (Å²) in [6, 6.07) is 7.60. The maximum Gasteiger partial charge on any atom is 0.224 e. The first-order valence-electron chi connectivity index (χ1n) is 7.30. The summed E-state index contributed by atoms with van der Waals surface area (Å²) in [5.74, 6) is -0.0330. The van der Waals surface area contributed by atoms with Crippen LogP contribution in [0.3, 0.4) is 0 Å². The van der Waals surface area contributed by atoms with Gasteiger partial charge >= 0.3 is 0 Å². The van der Waals surface area contributed by atoms with E-state index in [4.69, 9.17) is 0 Å². The monoisotopic (exact) mass is 307 g/mol. The minimum absolute atomic E-state index is 0.0330. The topological polar surface area (TPSA) is 72.7 Å². The Kier molecular flexibility index (Phi) is 4.42. The molecule has 1 N–H and O–H groups in total. The first-order chi connectivity index (χ1) is 11.2. The lowest BCUT2D eigenvalue weighted by Crippen LogP contribution is -2.24. The second-order valence-corrected chi connectivity index (χ2v) is 5.27. The van der Waals surface area contributed by atoms with Crippen LogP contribution in [0.15, 0.2) is 55.2 Å². The van der Waals surface area contributed by atoms with Gasteiger partial charge in [-0.15, -0.1) is 0 Å². The Morgan fingerprint density at radius 2 is 2.09 bits per heavy atom. The number of aromatic nitrogens is 4. The van der Waals surface area contributed by atoms with Gasteiger partial charge in [-0.2, -0.15) is 5.10 Å². The SMILES string of the molecule is Cn1cc(-c2ccc(CNC(=O)Cc3cccnc3)cn2)cn1. The smallest absolute Gasteiger partial charge is 0.224 e. The molecule has 3 aromatic rings. The van der Waals surface area contributed by atoms with Crippen LogP contribution >= 0.6 is 0 Å². The number of nitrogens with one attached hydrogen (secondary N) is 1. The minimum atomic E-state index is -0.0330. The predicted octanol–water partition coefficient (Wildman–Crippen LogP) is 1.74. The summed E-state index contributed by atoms with van der Waals surface area (Å²) < 4.78 is 1.74. The molecule has 3 rings (SSSR count). The summed E-state index contributed by atoms with van der Waals surface area (Å²) in [6.45, 7) is 0.458. The van der Waals surface area contributed by atoms with Gasteiger partial charge in [-0.1, -0.05) is 12.1 Å². The number of carbonyl (C=O) groups excluding carboxylic acids is 1. The maximum absolute atomic E-state index is 11.9. The van der Waals surface area contributed by atoms with Crippen molar-refractivity contribution < 1.29 is 4.79 Å². The summed E-state index contributed by atoms with van der Waals surface area (Å²) in [4.78, 5) is 20.3. The van der Waals surface area contributed by atoms with Gasteiger partial charge in [0, 0.05) is 43.9 Å². The van der Waals surface area contributed by atoms with Gasteiger partial charge in [0.1, 0.15) is 0 Å². The highest BCUT2D eigenvalue weighted by molar-refractivity contribution is 5.78. The van der Waals surface area contributed by atoms with Crippen molar-refractivity contribution in [2.75, 3.05) is 0 Å². The van der Waals surface area contributed by atoms with Crippen molar-refractivity contribution in [2.24, 2.45) is 7.05 Å². The molecule has 0 bridgehead atoms. The predicted molar refractivity (Wildman–Crippen MR) is 86.2 cm³/mol. The van der Waals surface area contributed by atoms with Crippen molar-refractivity contribution in [1.82, 2.24) is 25.1 Å². The zero-order chi connectivity index (χ0) is 16.1. The Balaban J connectivity index is 1.55. The summed E-state index contributed by atoms with van der Waals surface area (Å²) in [7, 11) is 1.87. The molecule has 23 heavy (non-hydrogen) atoms. The van der Waals surface area contributed by atoms with Crippen LogP contribution < -0.4 is 5.32 Å². The van der Waals surface area contributed by atoms with E-state index in [0.29, 0.717) is 13.0 Å². The maximum atomic E-state index is 11.9. The minimum Gasteiger partial charge on any atom is -0.352 e. The number of carbonyl (C=O) groups is 1. The lowest BCUT2D eigenvalue weighted by atomic mass is 10.2. The van der Waals surface area contributed by atoms with E-state index >= 15 is 0 Å². The number of hydrogen-bond acceptors (Lipinski definition) is 4. The van der Waals surface area contributed by atoms with E-state index in [1.165, 1.54) is 0 Å². The summed E-state index contributed by atoms with van der Waals surface area (Å²) in [5.41, 5.74) is 3.69. The lowest BCUT2D eigenvalue weighted by molar-refractivity contribution is -0.120. The fraction of sp³-hybridized carbons (Fsp3) is 0.176. The van der Waals surface area contributed by atoms with Crippen LogP contribution in [0.25, 0.3) is 11.3 Å². The second kappa shape index (κ2) is 6.83. The third-order valence-corrected chi connectivity index (χ3v) is 3.40. The molecule has 3 heterocycles. The molecule has 0 radical (unpaired) electrons. The molecule has 0 aliphatic rings. The molecule has 0 aliphatic carbocycles. The zero-order valence-electron chi connectivity index (χ0n) is 12.8. The molecule has 0 fully saturated rings. The highest BCUT2D eigenvalue weighted by atomic mass is 16.1. The van der Waals surface area contributed by atoms with Crippen molar-refractivity contribution in [2.45, 2.75) is 13.0 Å². The molecule has 0 saturated heterocycles. The van der Waals surface area contributed by atoms with Crippen LogP contribution in [0.2, 0.25) is 0 Å². The third kappa shape index (κ3) is 4.00. The van der Waals surface area contributed by atoms with E-state index in [2.05, 4.69) is 20.4 Å². The van der Waals surface area contributed by atoms with E-state index in [1.54, 1.807) is 29.5 Å². The van der Waals surface area contributed by atoms with Crippen molar-refractivity contribution in [3.63, 3.8) is 0 Å². The number of hydrogen-bond donors (Lipinski definition) is 1. The van der Waals surface area contributed by atoms with Gasteiger partial charge in [-0.3, -0.25) is 19.4 Å². The Morgan fingerprint density at radius 1 is 1.17 bits per heavy atom. The molecular weight excluding hydrogens is 290 g/mol. The van der Waals surface area contributed by atoms with Gasteiger partial charge in [0.25, 0.3) is 0 Å². The van der Waals surface area contributed by atoms with Crippen molar-refractivity contribution in [1.29, 1.82) is 0 Å². The van der Waals surface area contributed by atoms with Crippen LogP contribution in [0.5, 0.6) is 0 Å². The molecular formula is C17H17N5O. The normalized spacial score (nSPS) is 10.5. The second-order valence-electron chi connectivity index (χ2n) is 5.27. The molecule has 3 aromatic heterocycles. The summed E-state index contributed by atoms with van der Waals surface area (Å²) in [6.07, 6.45) is 9.18. The summed E-state index contributed by atoms with van der Waals surface area (Å²) >= 11 is 0. The molecule has 1 amide bonds. The molecule has 0 unspecified atom stereocenters. The van der Waals surface area contributed by atoms with E-state index in [9.17, 15) is 4.79 Å². The number of pyridine rings is 2. The van der Waals surface area contributed by atoms with Crippen molar-refractivity contribution >= 4 is 5.91 Å². The fourth-order valence-corrected chi connectivity index (χ4v) is 2.20. The van der Waals surface area contributed by atoms with E-state index in [0.717, 1.165) is 22.4 Å². The largest absolute Gasteiger partial charge is 0.352 e. The third-order valence-electron chi connectivity index (χ3n) is 3.40. The van der Waals surface area contributed by atoms with Gasteiger partial charge < -0.3 is 5.32 Å². The van der Waals surface area contributed by atoms with Gasteiger partial charge in [0.2, 0.25) is 5.91 Å². The van der Waals surface area contributed by atoms with Crippen LogP contribution in [-0.2, 0) is 24.8 Å². The Bertz CT molecular complexity index is 780. The number of aryl methyl sites for hydroxylation is 1. The van der Waals surface area contributed by atoms with Crippen LogP contribution in [0.1, 0.15) is 11.1 Å². The fourth-order valence-electron chi connectivity index (χ4n) is 2.20. The zero-order valence-corrected chi connectivity index (χ0v) is 12.8. The molecule has 6 nitrogen and oxygen atoms in total. The average Bonchev–Trinajstić information content (AvgIpc) is 3.01. The highest BCUT2D eigenvalue weighted by Gasteiger charge is 2.05. The van der Waals surface area contributed by atoms with Gasteiger partial charge in [-0.05, 0) is 23.3 Å². The lowest BCUT2D eigenvalue weighted by Gasteiger charge is -2.06. The highest BCUT2D eigenvalue weighted by Crippen LogP contribution is 2.15. The number of nitrogens with zero attached hydrogens (tertiary/aromatic N) is 4. The molecule has 0 aliphatic heterocycles. The first kappa shape index (κ1) is 14.9. The first-order valence-corrected chi connectivity index (χ1v) is 7.30. The van der Waals surface area contributed by atoms with Gasteiger partial charge in [0.15, 0.2) is 0 Å². The van der Waals surface area contributed by atoms with Crippen LogP contribution in [-0.4, -0.2) is 25.7 Å². The Morgan fingerprint density at radius 3 is 2.74 bits per heavy atom. The Hall–Kier alpha value is -3.02. The van der Waals surface area contributed by atoms with Gasteiger partial charge in [0.05, 0.1) is 18.3 Å². The molecule has 0 atom stereocenters. The quantitative estimate of drug-likeness (QED) is 0.779. The number of amides is 1. The van der Waals surface area contributed by atoms with Crippen molar-refractivity contribution in [3.8, 4) is 11.3 Å². The molecule has 0 spiro atoms. The van der Waals surface area contributed by atoms with E-state index < -0.39 is 0 Å². The molecule has 0 saturated carbocycles. The summed E-state index contributed by atoms with van der Waals surface area (Å²) in [5, 5.41) is 7.02. The molecule has 0 aromatic carbocycles. The molecule has 116 valence electrons. The standard InChI is InChI=1S/C17H17N5O/c1-22-12-15(11-21-22)16-5-4-14(9-19-16)10-20-17(23)7-13-3-2-6-18-8-13/h2-6,8-9,11-12H,7,10H2,1H3,(H,20,23). The van der Waals surface area contributed by atoms with Crippen LogP contribution in [0.4, 0.5) is 0 Å². The number of rotatable bonds is 5. The van der Waals surface area contributed by atoms with Gasteiger partial charge in [-0.25, -0.2) is 0 Å². The van der Waals surface area contributed by atoms with Crippen LogP contribution in [0, 0.1) is 0 Å².